The maximum Gasteiger partial charge on any atom is 0.230 e. The Bertz CT molecular complexity index is 553. The fourth-order valence-corrected chi connectivity index (χ4v) is 3.86. The smallest absolute Gasteiger partial charge is 0.230 e. The Morgan fingerprint density at radius 1 is 1.25 bits per heavy atom. The molecule has 0 aromatic heterocycles. The number of hydrogen-bond acceptors (Lipinski definition) is 2. The van der Waals surface area contributed by atoms with Gasteiger partial charge in [0.15, 0.2) is 0 Å². The van der Waals surface area contributed by atoms with E-state index in [2.05, 4.69) is 22.6 Å². The summed E-state index contributed by atoms with van der Waals surface area (Å²) in [5.74, 6) is 0.240. The molecule has 20 heavy (non-hydrogen) atoms. The molecule has 0 aliphatic heterocycles. The maximum atomic E-state index is 12.7. The lowest BCUT2D eigenvalue weighted by molar-refractivity contribution is -0.146. The summed E-state index contributed by atoms with van der Waals surface area (Å²) in [6.07, 6.45) is 0.676. The highest BCUT2D eigenvalue weighted by Crippen LogP contribution is 2.52. The van der Waals surface area contributed by atoms with E-state index in [1.54, 1.807) is 11.8 Å². The largest absolute Gasteiger partial charge is 0.314 e. The standard InChI is InChI=1S/C16H20INO2/c1-10(19)11-9-12(16(11,2)3)15(20)18(4)14-8-6-5-7-13(14)17/h5-8,11-12H,9H2,1-4H3/t11-,12+/m1/s1. The number of Topliss-reactive ketones (excluding diaryl/α,β-unsaturated/α-hetero) is 1. The third kappa shape index (κ3) is 2.50. The number of carbonyl (C=O) groups is 2. The zero-order valence-electron chi connectivity index (χ0n) is 12.3. The number of ketones is 1. The number of benzene rings is 1. The number of halogens is 1. The van der Waals surface area contributed by atoms with Crippen molar-refractivity contribution in [1.82, 2.24) is 0 Å². The van der Waals surface area contributed by atoms with Crippen molar-refractivity contribution in [2.75, 3.05) is 11.9 Å². The Balaban J connectivity index is 2.18. The van der Waals surface area contributed by atoms with Crippen LogP contribution in [0.4, 0.5) is 5.69 Å². The van der Waals surface area contributed by atoms with Crippen LogP contribution in [0.2, 0.25) is 0 Å². The molecule has 1 saturated carbocycles. The van der Waals surface area contributed by atoms with Crippen LogP contribution < -0.4 is 4.90 Å². The van der Waals surface area contributed by atoms with Gasteiger partial charge in [0, 0.05) is 22.5 Å². The fraction of sp³-hybridized carbons (Fsp3) is 0.500. The Morgan fingerprint density at radius 2 is 1.85 bits per heavy atom. The van der Waals surface area contributed by atoms with Crippen LogP contribution in [0.15, 0.2) is 24.3 Å². The van der Waals surface area contributed by atoms with Crippen LogP contribution in [0, 0.1) is 20.8 Å². The molecule has 0 heterocycles. The molecule has 0 radical (unpaired) electrons. The lowest BCUT2D eigenvalue weighted by atomic mass is 9.53. The van der Waals surface area contributed by atoms with E-state index >= 15 is 0 Å². The van der Waals surface area contributed by atoms with Gasteiger partial charge < -0.3 is 4.90 Å². The fourth-order valence-electron chi connectivity index (χ4n) is 3.11. The Kier molecular flexibility index (Phi) is 4.23. The third-order valence-corrected chi connectivity index (χ3v) is 5.51. The average molecular weight is 385 g/mol. The van der Waals surface area contributed by atoms with Crippen molar-refractivity contribution in [3.8, 4) is 0 Å². The summed E-state index contributed by atoms with van der Waals surface area (Å²) in [6.45, 7) is 5.67. The van der Waals surface area contributed by atoms with Crippen LogP contribution in [0.5, 0.6) is 0 Å². The summed E-state index contributed by atoms with van der Waals surface area (Å²) in [4.78, 5) is 26.0. The van der Waals surface area contributed by atoms with Crippen molar-refractivity contribution in [1.29, 1.82) is 0 Å². The molecule has 0 unspecified atom stereocenters. The Labute approximate surface area is 133 Å². The van der Waals surface area contributed by atoms with Crippen molar-refractivity contribution < 1.29 is 9.59 Å². The summed E-state index contributed by atoms with van der Waals surface area (Å²) in [5, 5.41) is 0. The second-order valence-electron chi connectivity index (χ2n) is 6.12. The first-order valence-electron chi connectivity index (χ1n) is 6.79. The Morgan fingerprint density at radius 3 is 2.35 bits per heavy atom. The summed E-state index contributed by atoms with van der Waals surface area (Å²) < 4.78 is 1.06. The molecule has 0 N–H and O–H groups in total. The number of hydrogen-bond donors (Lipinski definition) is 0. The van der Waals surface area contributed by atoms with Gasteiger partial charge >= 0.3 is 0 Å². The number of nitrogens with zero attached hydrogens (tertiary/aromatic N) is 1. The van der Waals surface area contributed by atoms with Crippen LogP contribution in [0.25, 0.3) is 0 Å². The molecule has 1 aliphatic carbocycles. The lowest BCUT2D eigenvalue weighted by Crippen LogP contribution is -2.55. The number of rotatable bonds is 3. The lowest BCUT2D eigenvalue weighted by Gasteiger charge is -2.50. The maximum absolute atomic E-state index is 12.7. The van der Waals surface area contributed by atoms with Gasteiger partial charge in [0.05, 0.1) is 5.69 Å². The zero-order valence-corrected chi connectivity index (χ0v) is 14.5. The van der Waals surface area contributed by atoms with E-state index in [0.717, 1.165) is 9.26 Å². The quantitative estimate of drug-likeness (QED) is 0.747. The van der Waals surface area contributed by atoms with Crippen molar-refractivity contribution in [3.05, 3.63) is 27.8 Å². The van der Waals surface area contributed by atoms with Gasteiger partial charge in [0.25, 0.3) is 0 Å². The van der Waals surface area contributed by atoms with Crippen LogP contribution in [-0.2, 0) is 9.59 Å². The first-order chi connectivity index (χ1) is 9.26. The molecule has 2 atom stereocenters. The van der Waals surface area contributed by atoms with E-state index < -0.39 is 0 Å². The van der Waals surface area contributed by atoms with Gasteiger partial charge in [-0.15, -0.1) is 0 Å². The highest BCUT2D eigenvalue weighted by Gasteiger charge is 2.54. The van der Waals surface area contributed by atoms with Crippen LogP contribution in [0.3, 0.4) is 0 Å². The van der Waals surface area contributed by atoms with E-state index in [4.69, 9.17) is 0 Å². The van der Waals surface area contributed by atoms with E-state index in [1.807, 2.05) is 45.2 Å². The van der Waals surface area contributed by atoms with Gasteiger partial charge in [-0.05, 0) is 53.5 Å². The van der Waals surface area contributed by atoms with E-state index in [1.165, 1.54) is 0 Å². The molecular formula is C16H20INO2. The SMILES string of the molecule is CC(=O)[C@H]1C[C@@H](C(=O)N(C)c2ccccc2I)C1(C)C. The topological polar surface area (TPSA) is 37.4 Å². The summed E-state index contributed by atoms with van der Waals surface area (Å²) >= 11 is 2.24. The van der Waals surface area contributed by atoms with Crippen LogP contribution >= 0.6 is 22.6 Å². The summed E-state index contributed by atoms with van der Waals surface area (Å²) in [5.41, 5.74) is 0.692. The highest BCUT2D eigenvalue weighted by molar-refractivity contribution is 14.1. The Hall–Kier alpha value is -0.910. The van der Waals surface area contributed by atoms with Gasteiger partial charge in [0.2, 0.25) is 5.91 Å². The first kappa shape index (κ1) is 15.5. The van der Waals surface area contributed by atoms with Crippen LogP contribution in [0.1, 0.15) is 27.2 Å². The van der Waals surface area contributed by atoms with E-state index in [9.17, 15) is 9.59 Å². The monoisotopic (exact) mass is 385 g/mol. The van der Waals surface area contributed by atoms with Crippen molar-refractivity contribution in [2.24, 2.45) is 17.3 Å². The number of amides is 1. The van der Waals surface area contributed by atoms with E-state index in [-0.39, 0.29) is 28.9 Å². The molecule has 4 heteroatoms. The summed E-state index contributed by atoms with van der Waals surface area (Å²) in [6, 6.07) is 7.84. The molecule has 0 saturated heterocycles. The van der Waals surface area contributed by atoms with Gasteiger partial charge in [-0.25, -0.2) is 0 Å². The van der Waals surface area contributed by atoms with Gasteiger partial charge in [0.1, 0.15) is 5.78 Å². The molecule has 1 fully saturated rings. The minimum Gasteiger partial charge on any atom is -0.314 e. The van der Waals surface area contributed by atoms with Crippen molar-refractivity contribution >= 4 is 40.0 Å². The number of para-hydroxylation sites is 1. The molecule has 108 valence electrons. The van der Waals surface area contributed by atoms with Crippen molar-refractivity contribution in [2.45, 2.75) is 27.2 Å². The minimum atomic E-state index is -0.239. The number of anilines is 1. The second-order valence-corrected chi connectivity index (χ2v) is 7.28. The molecular weight excluding hydrogens is 365 g/mol. The van der Waals surface area contributed by atoms with Crippen molar-refractivity contribution in [3.63, 3.8) is 0 Å². The van der Waals surface area contributed by atoms with Gasteiger partial charge in [-0.3, -0.25) is 9.59 Å². The molecule has 1 aromatic carbocycles. The molecule has 3 nitrogen and oxygen atoms in total. The molecule has 0 spiro atoms. The zero-order chi connectivity index (χ0) is 15.1. The normalized spacial score (nSPS) is 23.9. The number of carbonyl (C=O) groups excluding carboxylic acids is 2. The van der Waals surface area contributed by atoms with Crippen LogP contribution in [-0.4, -0.2) is 18.7 Å². The molecule has 1 amide bonds. The predicted molar refractivity (Wildman–Crippen MR) is 88.6 cm³/mol. The van der Waals surface area contributed by atoms with Gasteiger partial charge in [-0.2, -0.15) is 0 Å². The average Bonchev–Trinajstić information content (AvgIpc) is 2.36. The molecule has 2 rings (SSSR count). The second kappa shape index (κ2) is 5.47. The third-order valence-electron chi connectivity index (χ3n) is 4.60. The molecule has 0 bridgehead atoms. The van der Waals surface area contributed by atoms with E-state index in [0.29, 0.717) is 6.42 Å². The minimum absolute atomic E-state index is 0.0136. The predicted octanol–water partition coefficient (Wildman–Crippen LogP) is 3.51. The molecule has 1 aromatic rings. The molecule has 1 aliphatic rings. The van der Waals surface area contributed by atoms with Gasteiger partial charge in [-0.1, -0.05) is 26.0 Å². The highest BCUT2D eigenvalue weighted by atomic mass is 127. The summed E-state index contributed by atoms with van der Waals surface area (Å²) in [7, 11) is 1.82. The first-order valence-corrected chi connectivity index (χ1v) is 7.87.